The highest BCUT2D eigenvalue weighted by atomic mass is 16.5. The van der Waals surface area contributed by atoms with Gasteiger partial charge in [0.2, 0.25) is 0 Å². The van der Waals surface area contributed by atoms with Gasteiger partial charge in [-0.25, -0.2) is 4.79 Å². The molecule has 0 aliphatic carbocycles. The first-order valence-corrected chi connectivity index (χ1v) is 11.4. The van der Waals surface area contributed by atoms with E-state index in [4.69, 9.17) is 9.15 Å². The molecule has 172 valence electrons. The zero-order valence-corrected chi connectivity index (χ0v) is 19.4. The molecule has 2 aliphatic heterocycles. The number of amides is 1. The van der Waals surface area contributed by atoms with Crippen LogP contribution in [0.2, 0.25) is 0 Å². The van der Waals surface area contributed by atoms with Crippen molar-refractivity contribution in [3.63, 3.8) is 0 Å². The minimum atomic E-state index is -0.684. The van der Waals surface area contributed by atoms with Gasteiger partial charge < -0.3 is 18.6 Å². The zero-order chi connectivity index (χ0) is 23.4. The molecule has 5 rings (SSSR count). The van der Waals surface area contributed by atoms with Crippen molar-refractivity contribution in [3.05, 3.63) is 73.5 Å². The number of benzene rings is 1. The first-order chi connectivity index (χ1) is 15.7. The van der Waals surface area contributed by atoms with Crippen molar-refractivity contribution in [3.8, 4) is 5.75 Å². The van der Waals surface area contributed by atoms with Crippen LogP contribution in [0.5, 0.6) is 5.75 Å². The molecule has 0 spiro atoms. The first kappa shape index (κ1) is 21.5. The lowest BCUT2D eigenvalue weighted by Gasteiger charge is -2.43. The third-order valence-electron chi connectivity index (χ3n) is 7.27. The number of aromatic nitrogens is 1. The zero-order valence-electron chi connectivity index (χ0n) is 19.4. The molecule has 7 heteroatoms. The van der Waals surface area contributed by atoms with Crippen LogP contribution in [0.15, 0.2) is 44.3 Å². The van der Waals surface area contributed by atoms with Crippen LogP contribution in [0, 0.1) is 26.7 Å². The second-order valence-electron chi connectivity index (χ2n) is 9.41. The molecule has 0 radical (unpaired) electrons. The number of carbonyl (C=O) groups is 1. The Morgan fingerprint density at radius 3 is 2.61 bits per heavy atom. The summed E-state index contributed by atoms with van der Waals surface area (Å²) in [4.78, 5) is 39.6. The highest BCUT2D eigenvalue weighted by molar-refractivity contribution is 5.86. The van der Waals surface area contributed by atoms with Crippen LogP contribution in [0.1, 0.15) is 41.6 Å². The minimum Gasteiger partial charge on any atom is -0.480 e. The smallest absolute Gasteiger partial charge is 0.339 e. The molecule has 0 N–H and O–H groups in total. The topological polar surface area (TPSA) is 81.8 Å². The maximum atomic E-state index is 13.3. The molecule has 33 heavy (non-hydrogen) atoms. The van der Waals surface area contributed by atoms with Crippen LogP contribution >= 0.6 is 0 Å². The van der Waals surface area contributed by atoms with E-state index < -0.39 is 6.10 Å². The number of pyridine rings is 1. The fraction of sp³-hybridized carbons (Fsp3) is 0.423. The highest BCUT2D eigenvalue weighted by Crippen LogP contribution is 2.35. The van der Waals surface area contributed by atoms with Gasteiger partial charge in [-0.2, -0.15) is 0 Å². The van der Waals surface area contributed by atoms with Gasteiger partial charge in [0.25, 0.3) is 11.5 Å². The summed E-state index contributed by atoms with van der Waals surface area (Å²) in [5.74, 6) is 0.877. The summed E-state index contributed by atoms with van der Waals surface area (Å²) in [6.45, 7) is 9.10. The Balaban J connectivity index is 1.37. The highest BCUT2D eigenvalue weighted by Gasteiger charge is 2.37. The average Bonchev–Trinajstić information content (AvgIpc) is 2.80. The van der Waals surface area contributed by atoms with Gasteiger partial charge in [-0.15, -0.1) is 0 Å². The van der Waals surface area contributed by atoms with Gasteiger partial charge in [-0.3, -0.25) is 9.59 Å². The van der Waals surface area contributed by atoms with Crippen molar-refractivity contribution in [2.24, 2.45) is 5.92 Å². The number of ether oxygens (including phenoxy) is 1. The van der Waals surface area contributed by atoms with E-state index in [0.29, 0.717) is 42.1 Å². The Bertz CT molecular complexity index is 1390. The number of hydrogen-bond donors (Lipinski definition) is 0. The Morgan fingerprint density at radius 2 is 1.82 bits per heavy atom. The second-order valence-corrected chi connectivity index (χ2v) is 9.41. The largest absolute Gasteiger partial charge is 0.480 e. The Kier molecular flexibility index (Phi) is 5.15. The van der Waals surface area contributed by atoms with Gasteiger partial charge in [-0.1, -0.05) is 6.07 Å². The number of fused-ring (bicyclic) bond motifs is 5. The van der Waals surface area contributed by atoms with E-state index in [1.54, 1.807) is 26.0 Å². The summed E-state index contributed by atoms with van der Waals surface area (Å²) in [5, 5.41) is 0.869. The third kappa shape index (κ3) is 3.56. The van der Waals surface area contributed by atoms with Gasteiger partial charge in [-0.05, 0) is 63.8 Å². The van der Waals surface area contributed by atoms with Crippen molar-refractivity contribution in [2.75, 3.05) is 13.1 Å². The lowest BCUT2D eigenvalue weighted by molar-refractivity contribution is -0.140. The summed E-state index contributed by atoms with van der Waals surface area (Å²) in [5.41, 5.74) is 3.37. The van der Waals surface area contributed by atoms with Crippen LogP contribution in [0.3, 0.4) is 0 Å². The van der Waals surface area contributed by atoms with Crippen LogP contribution in [0.25, 0.3) is 11.0 Å². The molecular weight excluding hydrogens is 420 g/mol. The molecule has 1 fully saturated rings. The van der Waals surface area contributed by atoms with E-state index in [0.717, 1.165) is 23.1 Å². The van der Waals surface area contributed by atoms with Crippen molar-refractivity contribution in [2.45, 2.75) is 52.7 Å². The maximum Gasteiger partial charge on any atom is 0.339 e. The van der Waals surface area contributed by atoms with E-state index in [9.17, 15) is 14.4 Å². The van der Waals surface area contributed by atoms with Crippen LogP contribution < -0.4 is 15.9 Å². The summed E-state index contributed by atoms with van der Waals surface area (Å²) in [6, 6.07) is 9.10. The Hall–Kier alpha value is -3.35. The molecule has 0 saturated carbocycles. The lowest BCUT2D eigenvalue weighted by atomic mass is 9.83. The number of piperidine rings is 1. The van der Waals surface area contributed by atoms with Crippen LogP contribution in [-0.4, -0.2) is 34.6 Å². The fourth-order valence-corrected chi connectivity index (χ4v) is 5.33. The van der Waals surface area contributed by atoms with Crippen molar-refractivity contribution < 1.29 is 13.9 Å². The molecule has 3 aromatic rings. The molecule has 2 aliphatic rings. The van der Waals surface area contributed by atoms with Gasteiger partial charge >= 0.3 is 5.63 Å². The van der Waals surface area contributed by atoms with E-state index in [-0.39, 0.29) is 28.9 Å². The maximum absolute atomic E-state index is 13.3. The fourth-order valence-electron chi connectivity index (χ4n) is 5.33. The van der Waals surface area contributed by atoms with Crippen molar-refractivity contribution in [1.82, 2.24) is 9.47 Å². The SMILES string of the molecule is Cc1c(C)c2ccc(O[C@@H](C)C(=O)N3C[C@@H]4C[C@@H](C3)c3cccc(=O)n3C4)c(C)c2oc1=O. The molecule has 2 bridgehead atoms. The van der Waals surface area contributed by atoms with E-state index >= 15 is 0 Å². The summed E-state index contributed by atoms with van der Waals surface area (Å²) >= 11 is 0. The van der Waals surface area contributed by atoms with Gasteiger partial charge in [0.05, 0.1) is 0 Å². The predicted octanol–water partition coefficient (Wildman–Crippen LogP) is 3.29. The normalized spacial score (nSPS) is 20.4. The summed E-state index contributed by atoms with van der Waals surface area (Å²) < 4.78 is 13.5. The lowest BCUT2D eigenvalue weighted by Crippen LogP contribution is -2.52. The van der Waals surface area contributed by atoms with E-state index in [1.165, 1.54) is 0 Å². The number of aryl methyl sites for hydroxylation is 2. The molecule has 1 saturated heterocycles. The second kappa shape index (κ2) is 7.90. The molecule has 1 aromatic carbocycles. The Labute approximate surface area is 191 Å². The molecule has 2 aromatic heterocycles. The number of rotatable bonds is 3. The minimum absolute atomic E-state index is 0.0301. The molecule has 1 amide bonds. The summed E-state index contributed by atoms with van der Waals surface area (Å²) in [7, 11) is 0. The third-order valence-corrected chi connectivity index (χ3v) is 7.27. The standard InChI is InChI=1S/C26H28N2O5/c1-14-15(2)26(31)33-24-16(3)22(9-8-20(14)24)32-17(4)25(30)27-11-18-10-19(13-27)21-6-5-7-23(29)28(21)12-18/h5-9,17-19H,10-13H2,1-4H3/t17-,18-,19-/m0/s1. The number of likely N-dealkylation sites (tertiary alicyclic amines) is 1. The molecule has 7 nitrogen and oxygen atoms in total. The number of nitrogens with zero attached hydrogens (tertiary/aromatic N) is 2. The quantitative estimate of drug-likeness (QED) is 0.575. The van der Waals surface area contributed by atoms with Gasteiger partial charge in [0.1, 0.15) is 11.3 Å². The molecule has 3 atom stereocenters. The van der Waals surface area contributed by atoms with Crippen molar-refractivity contribution >= 4 is 16.9 Å². The molecule has 4 heterocycles. The van der Waals surface area contributed by atoms with E-state index in [1.807, 2.05) is 41.5 Å². The van der Waals surface area contributed by atoms with Gasteiger partial charge in [0, 0.05) is 53.8 Å². The van der Waals surface area contributed by atoms with E-state index in [2.05, 4.69) is 0 Å². The average molecular weight is 449 g/mol. The predicted molar refractivity (Wildman–Crippen MR) is 125 cm³/mol. The summed E-state index contributed by atoms with van der Waals surface area (Å²) in [6.07, 6.45) is 0.306. The number of hydrogen-bond acceptors (Lipinski definition) is 5. The van der Waals surface area contributed by atoms with Gasteiger partial charge in [0.15, 0.2) is 6.10 Å². The van der Waals surface area contributed by atoms with Crippen LogP contribution in [0.4, 0.5) is 0 Å². The number of carbonyl (C=O) groups excluding carboxylic acids is 1. The Morgan fingerprint density at radius 1 is 1.03 bits per heavy atom. The monoisotopic (exact) mass is 448 g/mol. The molecular formula is C26H28N2O5. The van der Waals surface area contributed by atoms with Crippen LogP contribution in [-0.2, 0) is 11.3 Å². The first-order valence-electron chi connectivity index (χ1n) is 11.4. The molecule has 0 unspecified atom stereocenters. The van der Waals surface area contributed by atoms with Crippen molar-refractivity contribution in [1.29, 1.82) is 0 Å².